The molecule has 0 bridgehead atoms. The van der Waals surface area contributed by atoms with Crippen LogP contribution in [0.5, 0.6) is 11.5 Å². The molecule has 9 heteroatoms. The summed E-state index contributed by atoms with van der Waals surface area (Å²) in [5, 5.41) is 0.536. The second kappa shape index (κ2) is 10.7. The summed E-state index contributed by atoms with van der Waals surface area (Å²) in [7, 11) is 1.55. The van der Waals surface area contributed by atoms with Gasteiger partial charge in [0.25, 0.3) is 5.56 Å². The second-order valence-electron chi connectivity index (χ2n) is 8.40. The lowest BCUT2D eigenvalue weighted by Gasteiger charge is -2.25. The van der Waals surface area contributed by atoms with Crippen molar-refractivity contribution in [3.63, 3.8) is 0 Å². The summed E-state index contributed by atoms with van der Waals surface area (Å²) in [5.74, 6) is 0.545. The Morgan fingerprint density at radius 3 is 2.64 bits per heavy atom. The molecule has 4 rings (SSSR count). The molecule has 1 atom stereocenters. The van der Waals surface area contributed by atoms with Crippen molar-refractivity contribution in [2.75, 3.05) is 13.7 Å². The fraction of sp³-hybridized carbons (Fsp3) is 0.296. The van der Waals surface area contributed by atoms with Gasteiger partial charge in [-0.3, -0.25) is 9.36 Å². The third-order valence-corrected chi connectivity index (χ3v) is 6.90. The van der Waals surface area contributed by atoms with Gasteiger partial charge in [0.2, 0.25) is 0 Å². The third kappa shape index (κ3) is 4.96. The van der Waals surface area contributed by atoms with Crippen LogP contribution >= 0.6 is 22.9 Å². The number of rotatable bonds is 7. The molecule has 0 N–H and O–H groups in total. The molecule has 0 unspecified atom stereocenters. The topological polar surface area (TPSA) is 79.1 Å². The lowest BCUT2D eigenvalue weighted by molar-refractivity contribution is -0.139. The Morgan fingerprint density at radius 1 is 1.22 bits per heavy atom. The highest BCUT2D eigenvalue weighted by molar-refractivity contribution is 7.07. The van der Waals surface area contributed by atoms with Gasteiger partial charge in [0.05, 0.1) is 41.7 Å². The minimum atomic E-state index is -0.754. The molecular formula is C27H27ClN2O5S. The second-order valence-corrected chi connectivity index (χ2v) is 9.82. The number of aromatic nitrogens is 1. The average molecular weight is 527 g/mol. The number of benzene rings is 2. The summed E-state index contributed by atoms with van der Waals surface area (Å²) in [6, 6.07) is 11.9. The van der Waals surface area contributed by atoms with Gasteiger partial charge in [-0.15, -0.1) is 0 Å². The summed E-state index contributed by atoms with van der Waals surface area (Å²) in [6.45, 7) is 7.54. The van der Waals surface area contributed by atoms with Crippen molar-refractivity contribution in [1.29, 1.82) is 0 Å². The molecule has 7 nitrogen and oxygen atoms in total. The van der Waals surface area contributed by atoms with E-state index in [4.69, 9.17) is 25.8 Å². The molecule has 0 aliphatic carbocycles. The maximum absolute atomic E-state index is 13.7. The number of esters is 1. The predicted octanol–water partition coefficient (Wildman–Crippen LogP) is 4.25. The number of carbonyl (C=O) groups excluding carboxylic acids is 1. The molecule has 3 aromatic rings. The number of hydrogen-bond acceptors (Lipinski definition) is 7. The molecule has 2 heterocycles. The number of halogens is 1. The standard InChI is InChI=1S/C27H27ClN2O5S/c1-6-34-26(32)23-16(4)29-27-30(25(31)22(36-27)14-17-9-7-8-10-19(17)28)24(23)18-11-12-20(35-15(2)3)21(13-18)33-5/h7-15,24H,6H2,1-5H3/b22-14-/t24-/m1/s1. The first kappa shape index (κ1) is 25.7. The van der Waals surface area contributed by atoms with Crippen molar-refractivity contribution in [3.8, 4) is 11.5 Å². The Balaban J connectivity index is 1.96. The lowest BCUT2D eigenvalue weighted by atomic mass is 9.95. The molecule has 0 spiro atoms. The monoisotopic (exact) mass is 526 g/mol. The molecule has 0 radical (unpaired) electrons. The van der Waals surface area contributed by atoms with Crippen molar-refractivity contribution in [2.24, 2.45) is 4.99 Å². The van der Waals surface area contributed by atoms with Crippen LogP contribution in [-0.4, -0.2) is 30.4 Å². The Hall–Kier alpha value is -3.36. The Labute approximate surface area is 217 Å². The van der Waals surface area contributed by atoms with Gasteiger partial charge >= 0.3 is 5.97 Å². The zero-order chi connectivity index (χ0) is 26.0. The van der Waals surface area contributed by atoms with Crippen LogP contribution in [-0.2, 0) is 9.53 Å². The van der Waals surface area contributed by atoms with Crippen molar-refractivity contribution in [3.05, 3.63) is 89.6 Å². The molecule has 36 heavy (non-hydrogen) atoms. The maximum Gasteiger partial charge on any atom is 0.338 e. The number of ether oxygens (including phenoxy) is 3. The zero-order valence-corrected chi connectivity index (χ0v) is 22.3. The van der Waals surface area contributed by atoms with Gasteiger partial charge in [-0.25, -0.2) is 9.79 Å². The summed E-state index contributed by atoms with van der Waals surface area (Å²) in [4.78, 5) is 31.9. The minimum absolute atomic E-state index is 0.0514. The Bertz CT molecular complexity index is 1520. The van der Waals surface area contributed by atoms with Crippen molar-refractivity contribution < 1.29 is 19.0 Å². The smallest absolute Gasteiger partial charge is 0.338 e. The summed E-state index contributed by atoms with van der Waals surface area (Å²) in [5.41, 5.74) is 1.91. The van der Waals surface area contributed by atoms with E-state index < -0.39 is 12.0 Å². The van der Waals surface area contributed by atoms with Crippen molar-refractivity contribution in [2.45, 2.75) is 39.8 Å². The number of methoxy groups -OCH3 is 1. The molecule has 0 saturated carbocycles. The van der Waals surface area contributed by atoms with Crippen molar-refractivity contribution in [1.82, 2.24) is 4.57 Å². The molecule has 0 fully saturated rings. The van der Waals surface area contributed by atoms with Crippen LogP contribution < -0.4 is 24.4 Å². The summed E-state index contributed by atoms with van der Waals surface area (Å²) >= 11 is 7.57. The highest BCUT2D eigenvalue weighted by Gasteiger charge is 2.34. The molecular weight excluding hydrogens is 500 g/mol. The third-order valence-electron chi connectivity index (χ3n) is 5.57. The molecule has 0 saturated heterocycles. The van der Waals surface area contributed by atoms with Crippen LogP contribution in [0.25, 0.3) is 6.08 Å². The Morgan fingerprint density at radius 2 is 1.97 bits per heavy atom. The first-order valence-corrected chi connectivity index (χ1v) is 12.7. The van der Waals surface area contributed by atoms with Gasteiger partial charge in [-0.05, 0) is 63.1 Å². The number of hydrogen-bond donors (Lipinski definition) is 0. The zero-order valence-electron chi connectivity index (χ0n) is 20.7. The first-order valence-electron chi connectivity index (χ1n) is 11.5. The minimum Gasteiger partial charge on any atom is -0.493 e. The average Bonchev–Trinajstić information content (AvgIpc) is 3.14. The summed E-state index contributed by atoms with van der Waals surface area (Å²) in [6.07, 6.45) is 1.69. The molecule has 0 amide bonds. The van der Waals surface area contributed by atoms with Crippen LogP contribution in [0, 0.1) is 0 Å². The normalized spacial score (nSPS) is 15.5. The van der Waals surface area contributed by atoms with E-state index >= 15 is 0 Å². The van der Waals surface area contributed by atoms with Crippen LogP contribution in [0.2, 0.25) is 5.02 Å². The van der Waals surface area contributed by atoms with Crippen LogP contribution in [0.4, 0.5) is 0 Å². The van der Waals surface area contributed by atoms with Gasteiger partial charge in [0.15, 0.2) is 16.3 Å². The van der Waals surface area contributed by atoms with E-state index in [9.17, 15) is 9.59 Å². The van der Waals surface area contributed by atoms with Crippen molar-refractivity contribution >= 4 is 35.0 Å². The quantitative estimate of drug-likeness (QED) is 0.430. The van der Waals surface area contributed by atoms with Gasteiger partial charge in [0.1, 0.15) is 0 Å². The number of allylic oxidation sites excluding steroid dienone is 1. The van der Waals surface area contributed by atoms with E-state index in [2.05, 4.69) is 4.99 Å². The van der Waals surface area contributed by atoms with E-state index in [1.54, 1.807) is 45.2 Å². The first-order chi connectivity index (χ1) is 17.2. The fourth-order valence-corrected chi connectivity index (χ4v) is 5.27. The van der Waals surface area contributed by atoms with E-state index in [1.807, 2.05) is 38.1 Å². The molecule has 2 aromatic carbocycles. The SMILES string of the molecule is CCOC(=O)C1=C(C)N=c2s/c(=C\c3ccccc3Cl)c(=O)n2[C@@H]1c1ccc(OC(C)C)c(OC)c1. The molecule has 1 aromatic heterocycles. The van der Waals surface area contributed by atoms with Crippen LogP contribution in [0.1, 0.15) is 44.9 Å². The van der Waals surface area contributed by atoms with Gasteiger partial charge in [-0.2, -0.15) is 0 Å². The maximum atomic E-state index is 13.7. The number of thiazole rings is 1. The van der Waals surface area contributed by atoms with Gasteiger partial charge in [-0.1, -0.05) is 47.2 Å². The number of fused-ring (bicyclic) bond motifs is 1. The number of carbonyl (C=O) groups is 1. The van der Waals surface area contributed by atoms with Gasteiger partial charge in [0, 0.05) is 5.02 Å². The summed E-state index contributed by atoms with van der Waals surface area (Å²) < 4.78 is 18.8. The fourth-order valence-electron chi connectivity index (χ4n) is 4.05. The molecule has 1 aliphatic heterocycles. The van der Waals surface area contributed by atoms with Gasteiger partial charge < -0.3 is 14.2 Å². The lowest BCUT2D eigenvalue weighted by Crippen LogP contribution is -2.40. The molecule has 188 valence electrons. The highest BCUT2D eigenvalue weighted by Crippen LogP contribution is 2.36. The van der Waals surface area contributed by atoms with E-state index in [0.29, 0.717) is 42.7 Å². The largest absolute Gasteiger partial charge is 0.493 e. The Kier molecular flexibility index (Phi) is 7.66. The van der Waals surface area contributed by atoms with E-state index in [1.165, 1.54) is 15.9 Å². The van der Waals surface area contributed by atoms with Crippen LogP contribution in [0.15, 0.2) is 63.5 Å². The van der Waals surface area contributed by atoms with Crippen LogP contribution in [0.3, 0.4) is 0 Å². The molecule has 1 aliphatic rings. The number of nitrogens with zero attached hydrogens (tertiary/aromatic N) is 2. The predicted molar refractivity (Wildman–Crippen MR) is 141 cm³/mol. The van der Waals surface area contributed by atoms with E-state index in [-0.39, 0.29) is 18.3 Å². The highest BCUT2D eigenvalue weighted by atomic mass is 35.5. The van der Waals surface area contributed by atoms with E-state index in [0.717, 1.165) is 5.56 Å².